The molecule has 5 heteroatoms. The molecule has 0 bridgehead atoms. The lowest BCUT2D eigenvalue weighted by Crippen LogP contribution is -2.40. The minimum Gasteiger partial charge on any atom is -0.383 e. The van der Waals surface area contributed by atoms with Crippen molar-refractivity contribution in [3.05, 3.63) is 0 Å². The van der Waals surface area contributed by atoms with E-state index in [2.05, 4.69) is 5.32 Å². The first-order chi connectivity index (χ1) is 7.24. The van der Waals surface area contributed by atoms with Crippen molar-refractivity contribution in [2.45, 2.75) is 31.3 Å². The molecule has 0 aromatic carbocycles. The minimum atomic E-state index is -0.326. The summed E-state index contributed by atoms with van der Waals surface area (Å²) in [6.07, 6.45) is 2.25. The van der Waals surface area contributed by atoms with E-state index in [1.54, 1.807) is 7.11 Å². The van der Waals surface area contributed by atoms with Gasteiger partial charge in [-0.3, -0.25) is 14.5 Å². The first kappa shape index (κ1) is 10.6. The zero-order valence-electron chi connectivity index (χ0n) is 8.86. The Hall–Kier alpha value is -0.940. The summed E-state index contributed by atoms with van der Waals surface area (Å²) >= 11 is 0. The molecular weight excluding hydrogens is 196 g/mol. The predicted octanol–water partition coefficient (Wildman–Crippen LogP) is -0.488. The van der Waals surface area contributed by atoms with Crippen molar-refractivity contribution in [3.8, 4) is 0 Å². The molecule has 0 spiro atoms. The maximum atomic E-state index is 11.8. The second-order valence-electron chi connectivity index (χ2n) is 4.04. The van der Waals surface area contributed by atoms with Crippen molar-refractivity contribution in [2.75, 3.05) is 20.3 Å². The van der Waals surface area contributed by atoms with Gasteiger partial charge < -0.3 is 10.1 Å². The Morgan fingerprint density at radius 3 is 2.80 bits per heavy atom. The van der Waals surface area contributed by atoms with E-state index in [0.717, 1.165) is 12.8 Å². The van der Waals surface area contributed by atoms with Gasteiger partial charge in [-0.05, 0) is 12.8 Å². The van der Waals surface area contributed by atoms with Gasteiger partial charge in [0.25, 0.3) is 0 Å². The van der Waals surface area contributed by atoms with Crippen LogP contribution >= 0.6 is 0 Å². The smallest absolute Gasteiger partial charge is 0.247 e. The average molecular weight is 212 g/mol. The molecular formula is C10H16N2O3. The number of methoxy groups -OCH3 is 1. The highest BCUT2D eigenvalue weighted by molar-refractivity contribution is 6.06. The van der Waals surface area contributed by atoms with Crippen LogP contribution < -0.4 is 5.32 Å². The van der Waals surface area contributed by atoms with Crippen LogP contribution in [-0.4, -0.2) is 49.1 Å². The van der Waals surface area contributed by atoms with Gasteiger partial charge in [0.05, 0.1) is 19.1 Å². The molecule has 2 rings (SSSR count). The van der Waals surface area contributed by atoms with Crippen LogP contribution in [0.3, 0.4) is 0 Å². The van der Waals surface area contributed by atoms with Crippen molar-refractivity contribution in [2.24, 2.45) is 0 Å². The molecule has 15 heavy (non-hydrogen) atoms. The minimum absolute atomic E-state index is 0.0302. The monoisotopic (exact) mass is 212 g/mol. The molecule has 1 saturated heterocycles. The summed E-state index contributed by atoms with van der Waals surface area (Å²) in [6.45, 7) is 1.17. The van der Waals surface area contributed by atoms with E-state index in [9.17, 15) is 9.59 Å². The van der Waals surface area contributed by atoms with Gasteiger partial charge in [-0.15, -0.1) is 0 Å². The third-order valence-corrected chi connectivity index (χ3v) is 2.79. The van der Waals surface area contributed by atoms with E-state index < -0.39 is 0 Å². The van der Waals surface area contributed by atoms with Crippen LogP contribution in [0, 0.1) is 0 Å². The molecule has 0 aromatic rings. The standard InChI is InChI=1S/C10H16N2O3/c1-15-5-4-11-8-6-9(13)12(10(8)14)7-2-3-7/h7-8,11H,2-6H2,1H3. The molecule has 1 aliphatic heterocycles. The maximum Gasteiger partial charge on any atom is 0.247 e. The van der Waals surface area contributed by atoms with Gasteiger partial charge in [-0.1, -0.05) is 0 Å². The molecule has 1 unspecified atom stereocenters. The third kappa shape index (κ3) is 2.18. The van der Waals surface area contributed by atoms with E-state index >= 15 is 0 Å². The van der Waals surface area contributed by atoms with E-state index in [1.165, 1.54) is 4.90 Å². The molecule has 1 heterocycles. The Morgan fingerprint density at radius 2 is 2.20 bits per heavy atom. The predicted molar refractivity (Wildman–Crippen MR) is 53.2 cm³/mol. The zero-order chi connectivity index (χ0) is 10.8. The van der Waals surface area contributed by atoms with Gasteiger partial charge in [-0.2, -0.15) is 0 Å². The summed E-state index contributed by atoms with van der Waals surface area (Å²) < 4.78 is 4.88. The summed E-state index contributed by atoms with van der Waals surface area (Å²) in [5.41, 5.74) is 0. The fourth-order valence-electron chi connectivity index (χ4n) is 1.86. The second kappa shape index (κ2) is 4.28. The first-order valence-electron chi connectivity index (χ1n) is 5.32. The number of carbonyl (C=O) groups is 2. The molecule has 2 aliphatic rings. The van der Waals surface area contributed by atoms with Gasteiger partial charge in [0.2, 0.25) is 11.8 Å². The van der Waals surface area contributed by atoms with Gasteiger partial charge in [0.15, 0.2) is 0 Å². The van der Waals surface area contributed by atoms with E-state index in [-0.39, 0.29) is 23.9 Å². The largest absolute Gasteiger partial charge is 0.383 e. The highest BCUT2D eigenvalue weighted by atomic mass is 16.5. The molecule has 0 radical (unpaired) electrons. The number of imide groups is 1. The summed E-state index contributed by atoms with van der Waals surface area (Å²) in [5, 5.41) is 3.04. The zero-order valence-corrected chi connectivity index (χ0v) is 8.86. The number of ether oxygens (including phenoxy) is 1. The maximum absolute atomic E-state index is 11.8. The molecule has 1 saturated carbocycles. The van der Waals surface area contributed by atoms with Crippen LogP contribution in [0.4, 0.5) is 0 Å². The fraction of sp³-hybridized carbons (Fsp3) is 0.800. The highest BCUT2D eigenvalue weighted by Crippen LogP contribution is 2.31. The first-order valence-corrected chi connectivity index (χ1v) is 5.32. The number of likely N-dealkylation sites (tertiary alicyclic amines) is 1. The highest BCUT2D eigenvalue weighted by Gasteiger charge is 2.45. The van der Waals surface area contributed by atoms with Crippen LogP contribution in [0.2, 0.25) is 0 Å². The number of rotatable bonds is 5. The van der Waals surface area contributed by atoms with Crippen molar-refractivity contribution in [1.29, 1.82) is 0 Å². The van der Waals surface area contributed by atoms with E-state index in [1.807, 2.05) is 0 Å². The molecule has 1 atom stereocenters. The van der Waals surface area contributed by atoms with Crippen molar-refractivity contribution < 1.29 is 14.3 Å². The lowest BCUT2D eigenvalue weighted by molar-refractivity contribution is -0.139. The summed E-state index contributed by atoms with van der Waals surface area (Å²) in [6, 6.07) is -0.132. The fourth-order valence-corrected chi connectivity index (χ4v) is 1.86. The molecule has 2 amide bonds. The number of hydrogen-bond donors (Lipinski definition) is 1. The normalized spacial score (nSPS) is 26.5. The van der Waals surface area contributed by atoms with E-state index in [4.69, 9.17) is 4.74 Å². The lowest BCUT2D eigenvalue weighted by atomic mass is 10.2. The number of amides is 2. The number of nitrogens with one attached hydrogen (secondary N) is 1. The average Bonchev–Trinajstić information content (AvgIpc) is 2.97. The van der Waals surface area contributed by atoms with Gasteiger partial charge >= 0.3 is 0 Å². The van der Waals surface area contributed by atoms with Gasteiger partial charge in [0, 0.05) is 19.7 Å². The van der Waals surface area contributed by atoms with Gasteiger partial charge in [-0.25, -0.2) is 0 Å². The Balaban J connectivity index is 1.87. The number of nitrogens with zero attached hydrogens (tertiary/aromatic N) is 1. The van der Waals surface area contributed by atoms with Crippen LogP contribution in [0.25, 0.3) is 0 Å². The second-order valence-corrected chi connectivity index (χ2v) is 4.04. The van der Waals surface area contributed by atoms with Crippen LogP contribution in [-0.2, 0) is 14.3 Å². The molecule has 1 N–H and O–H groups in total. The van der Waals surface area contributed by atoms with Crippen molar-refractivity contribution in [1.82, 2.24) is 10.2 Å². The van der Waals surface area contributed by atoms with E-state index in [0.29, 0.717) is 19.6 Å². The number of hydrogen-bond acceptors (Lipinski definition) is 4. The Morgan fingerprint density at radius 1 is 1.47 bits per heavy atom. The number of carbonyl (C=O) groups excluding carboxylic acids is 2. The van der Waals surface area contributed by atoms with Gasteiger partial charge in [0.1, 0.15) is 0 Å². The Kier molecular flexibility index (Phi) is 3.02. The summed E-state index contributed by atoms with van der Waals surface area (Å²) in [4.78, 5) is 24.8. The molecule has 84 valence electrons. The Bertz CT molecular complexity index is 276. The quantitative estimate of drug-likeness (QED) is 0.493. The topological polar surface area (TPSA) is 58.6 Å². The van der Waals surface area contributed by atoms with Crippen molar-refractivity contribution in [3.63, 3.8) is 0 Å². The van der Waals surface area contributed by atoms with Crippen molar-refractivity contribution >= 4 is 11.8 Å². The summed E-state index contributed by atoms with van der Waals surface area (Å²) in [5.74, 6) is -0.0870. The molecule has 5 nitrogen and oxygen atoms in total. The lowest BCUT2D eigenvalue weighted by Gasteiger charge is -2.14. The van der Waals surface area contributed by atoms with Crippen LogP contribution in [0.5, 0.6) is 0 Å². The molecule has 1 aliphatic carbocycles. The third-order valence-electron chi connectivity index (χ3n) is 2.79. The SMILES string of the molecule is COCCNC1CC(=O)N(C2CC2)C1=O. The molecule has 2 fully saturated rings. The molecule has 0 aromatic heterocycles. The summed E-state index contributed by atoms with van der Waals surface area (Å²) in [7, 11) is 1.61. The Labute approximate surface area is 88.8 Å². The van der Waals surface area contributed by atoms with Crippen LogP contribution in [0.15, 0.2) is 0 Å². The van der Waals surface area contributed by atoms with Crippen LogP contribution in [0.1, 0.15) is 19.3 Å².